The van der Waals surface area contributed by atoms with Crippen molar-refractivity contribution in [2.45, 2.75) is 25.9 Å². The second-order valence-corrected chi connectivity index (χ2v) is 7.61. The minimum atomic E-state index is 0.517. The molecule has 1 unspecified atom stereocenters. The van der Waals surface area contributed by atoms with E-state index < -0.39 is 0 Å². The fourth-order valence-electron chi connectivity index (χ4n) is 3.25. The molecular formula is C24H35N3O4. The molecule has 1 aliphatic rings. The van der Waals surface area contributed by atoms with Gasteiger partial charge < -0.3 is 29.3 Å². The zero-order chi connectivity index (χ0) is 21.4. The standard InChI is InChI=1S/C24H35N3O4/c1-2-6-21(7-3-1)19-30-17-16-28-13-5-11-25-24(27-18-22-10-15-29-20-22)26-12-9-23-8-4-14-31-23/h1-4,6-8,14,22H,5,9-13,15-20H2,(H2,25,26,27). The molecule has 1 aromatic carbocycles. The molecule has 2 aromatic rings. The summed E-state index contributed by atoms with van der Waals surface area (Å²) in [5.41, 5.74) is 1.18. The molecule has 170 valence electrons. The molecule has 0 bridgehead atoms. The predicted molar refractivity (Wildman–Crippen MR) is 121 cm³/mol. The lowest BCUT2D eigenvalue weighted by Crippen LogP contribution is -2.39. The van der Waals surface area contributed by atoms with Crippen LogP contribution in [0.25, 0.3) is 0 Å². The van der Waals surface area contributed by atoms with Crippen LogP contribution in [-0.2, 0) is 27.2 Å². The number of aliphatic imine (C=N–C) groups is 1. The number of hydrogen-bond donors (Lipinski definition) is 2. The van der Waals surface area contributed by atoms with E-state index in [4.69, 9.17) is 23.6 Å². The maximum Gasteiger partial charge on any atom is 0.191 e. The van der Waals surface area contributed by atoms with Crippen molar-refractivity contribution in [1.82, 2.24) is 10.6 Å². The first-order valence-corrected chi connectivity index (χ1v) is 11.2. The van der Waals surface area contributed by atoms with Crippen molar-refractivity contribution < 1.29 is 18.6 Å². The molecule has 3 rings (SSSR count). The van der Waals surface area contributed by atoms with E-state index in [1.54, 1.807) is 6.26 Å². The number of hydrogen-bond acceptors (Lipinski definition) is 5. The largest absolute Gasteiger partial charge is 0.469 e. The lowest BCUT2D eigenvalue weighted by atomic mass is 10.1. The van der Waals surface area contributed by atoms with Crippen LogP contribution in [0.15, 0.2) is 58.1 Å². The topological polar surface area (TPSA) is 77.2 Å². The van der Waals surface area contributed by atoms with Crippen LogP contribution >= 0.6 is 0 Å². The molecular weight excluding hydrogens is 394 g/mol. The SMILES string of the molecule is c1ccc(COCCOCCCNC(=NCC2CCOC2)NCCc2ccco2)cc1. The summed E-state index contributed by atoms with van der Waals surface area (Å²) in [6, 6.07) is 14.1. The summed E-state index contributed by atoms with van der Waals surface area (Å²) in [6.45, 7) is 6.55. The fourth-order valence-corrected chi connectivity index (χ4v) is 3.25. The Bertz CT molecular complexity index is 716. The van der Waals surface area contributed by atoms with E-state index in [-0.39, 0.29) is 0 Å². The van der Waals surface area contributed by atoms with Gasteiger partial charge in [0.25, 0.3) is 0 Å². The summed E-state index contributed by atoms with van der Waals surface area (Å²) in [4.78, 5) is 4.73. The fraction of sp³-hybridized carbons (Fsp3) is 0.542. The van der Waals surface area contributed by atoms with E-state index in [9.17, 15) is 0 Å². The first kappa shape index (κ1) is 23.3. The van der Waals surface area contributed by atoms with Crippen LogP contribution in [0.5, 0.6) is 0 Å². The lowest BCUT2D eigenvalue weighted by Gasteiger charge is -2.13. The molecule has 0 aliphatic carbocycles. The van der Waals surface area contributed by atoms with Crippen LogP contribution in [0.3, 0.4) is 0 Å². The number of furan rings is 1. The van der Waals surface area contributed by atoms with Crippen molar-refractivity contribution in [3.05, 3.63) is 60.1 Å². The Balaban J connectivity index is 1.25. The van der Waals surface area contributed by atoms with Crippen LogP contribution in [0, 0.1) is 5.92 Å². The first-order valence-electron chi connectivity index (χ1n) is 11.2. The quantitative estimate of drug-likeness (QED) is 0.273. The predicted octanol–water partition coefficient (Wildman–Crippen LogP) is 3.02. The second-order valence-electron chi connectivity index (χ2n) is 7.61. The van der Waals surface area contributed by atoms with Crippen molar-refractivity contribution in [3.63, 3.8) is 0 Å². The highest BCUT2D eigenvalue weighted by Gasteiger charge is 2.15. The average molecular weight is 430 g/mol. The number of nitrogens with one attached hydrogen (secondary N) is 2. The third-order valence-electron chi connectivity index (χ3n) is 5.02. The van der Waals surface area contributed by atoms with E-state index in [1.165, 1.54) is 5.56 Å². The van der Waals surface area contributed by atoms with Crippen molar-refractivity contribution >= 4 is 5.96 Å². The molecule has 1 aromatic heterocycles. The van der Waals surface area contributed by atoms with Crippen molar-refractivity contribution in [3.8, 4) is 0 Å². The van der Waals surface area contributed by atoms with Crippen molar-refractivity contribution in [1.29, 1.82) is 0 Å². The van der Waals surface area contributed by atoms with Crippen LogP contribution < -0.4 is 10.6 Å². The normalized spacial score (nSPS) is 16.5. The first-order chi connectivity index (χ1) is 15.4. The number of nitrogens with zero attached hydrogens (tertiary/aromatic N) is 1. The Kier molecular flexibility index (Phi) is 11.0. The minimum Gasteiger partial charge on any atom is -0.469 e. The molecule has 31 heavy (non-hydrogen) atoms. The molecule has 0 amide bonds. The van der Waals surface area contributed by atoms with Gasteiger partial charge >= 0.3 is 0 Å². The van der Waals surface area contributed by atoms with Gasteiger partial charge in [-0.3, -0.25) is 4.99 Å². The van der Waals surface area contributed by atoms with Crippen LogP contribution in [0.2, 0.25) is 0 Å². The van der Waals surface area contributed by atoms with Gasteiger partial charge in [0.05, 0.1) is 32.7 Å². The Hall–Kier alpha value is -2.35. The number of benzene rings is 1. The molecule has 7 heteroatoms. The monoisotopic (exact) mass is 429 g/mol. The van der Waals surface area contributed by atoms with E-state index >= 15 is 0 Å². The highest BCUT2D eigenvalue weighted by molar-refractivity contribution is 5.79. The van der Waals surface area contributed by atoms with Gasteiger partial charge in [0.2, 0.25) is 0 Å². The smallest absolute Gasteiger partial charge is 0.191 e. The maximum atomic E-state index is 5.67. The highest BCUT2D eigenvalue weighted by Crippen LogP contribution is 2.12. The Morgan fingerprint density at radius 1 is 1.00 bits per heavy atom. The van der Waals surface area contributed by atoms with Gasteiger partial charge in [-0.15, -0.1) is 0 Å². The summed E-state index contributed by atoms with van der Waals surface area (Å²) in [5, 5.41) is 6.80. The molecule has 2 heterocycles. The van der Waals surface area contributed by atoms with Gasteiger partial charge in [-0.2, -0.15) is 0 Å². The van der Waals surface area contributed by atoms with Gasteiger partial charge in [0.15, 0.2) is 5.96 Å². The second kappa shape index (κ2) is 14.6. The molecule has 1 atom stereocenters. The van der Waals surface area contributed by atoms with E-state index in [0.29, 0.717) is 32.3 Å². The number of ether oxygens (including phenoxy) is 3. The molecule has 1 saturated heterocycles. The molecule has 1 aliphatic heterocycles. The van der Waals surface area contributed by atoms with Crippen LogP contribution in [-0.4, -0.2) is 58.6 Å². The lowest BCUT2D eigenvalue weighted by molar-refractivity contribution is 0.0401. The van der Waals surface area contributed by atoms with E-state index in [0.717, 1.165) is 63.8 Å². The third kappa shape index (κ3) is 10.0. The van der Waals surface area contributed by atoms with E-state index in [2.05, 4.69) is 22.8 Å². The number of guanidine groups is 1. The van der Waals surface area contributed by atoms with Gasteiger partial charge in [-0.25, -0.2) is 0 Å². The van der Waals surface area contributed by atoms with Crippen LogP contribution in [0.1, 0.15) is 24.2 Å². The summed E-state index contributed by atoms with van der Waals surface area (Å²) in [6.07, 6.45) is 4.52. The Labute approximate surface area is 185 Å². The van der Waals surface area contributed by atoms with Gasteiger partial charge in [0.1, 0.15) is 5.76 Å². The molecule has 0 spiro atoms. The number of rotatable bonds is 14. The molecule has 2 N–H and O–H groups in total. The summed E-state index contributed by atoms with van der Waals surface area (Å²) < 4.78 is 22.1. The van der Waals surface area contributed by atoms with Crippen LogP contribution in [0.4, 0.5) is 0 Å². The van der Waals surface area contributed by atoms with Gasteiger partial charge in [-0.1, -0.05) is 30.3 Å². The molecule has 7 nitrogen and oxygen atoms in total. The summed E-state index contributed by atoms with van der Waals surface area (Å²) in [5.74, 6) is 2.33. The summed E-state index contributed by atoms with van der Waals surface area (Å²) in [7, 11) is 0. The minimum absolute atomic E-state index is 0.517. The Morgan fingerprint density at radius 2 is 1.87 bits per heavy atom. The Morgan fingerprint density at radius 3 is 2.68 bits per heavy atom. The molecule has 1 fully saturated rings. The third-order valence-corrected chi connectivity index (χ3v) is 5.02. The van der Waals surface area contributed by atoms with Gasteiger partial charge in [-0.05, 0) is 30.5 Å². The average Bonchev–Trinajstić information content (AvgIpc) is 3.51. The highest BCUT2D eigenvalue weighted by atomic mass is 16.5. The summed E-state index contributed by atoms with van der Waals surface area (Å²) >= 11 is 0. The maximum absolute atomic E-state index is 5.67. The zero-order valence-electron chi connectivity index (χ0n) is 18.3. The van der Waals surface area contributed by atoms with Crippen molar-refractivity contribution in [2.75, 3.05) is 52.7 Å². The van der Waals surface area contributed by atoms with E-state index in [1.807, 2.05) is 30.3 Å². The molecule has 0 radical (unpaired) electrons. The zero-order valence-corrected chi connectivity index (χ0v) is 18.3. The van der Waals surface area contributed by atoms with Crippen molar-refractivity contribution in [2.24, 2.45) is 10.9 Å². The molecule has 0 saturated carbocycles. The van der Waals surface area contributed by atoms with Gasteiger partial charge in [0, 0.05) is 45.2 Å².